The summed E-state index contributed by atoms with van der Waals surface area (Å²) in [6.45, 7) is 6.54. The number of rotatable bonds is 4. The molecule has 0 unspecified atom stereocenters. The summed E-state index contributed by atoms with van der Waals surface area (Å²) in [6.07, 6.45) is 4.80. The fourth-order valence-electron chi connectivity index (χ4n) is 4.11. The van der Waals surface area contributed by atoms with Crippen molar-refractivity contribution in [1.29, 1.82) is 0 Å². The van der Waals surface area contributed by atoms with Gasteiger partial charge in [0.2, 0.25) is 0 Å². The number of amides is 1. The molecule has 0 saturated carbocycles. The van der Waals surface area contributed by atoms with E-state index < -0.39 is 5.97 Å². The van der Waals surface area contributed by atoms with Gasteiger partial charge in [-0.1, -0.05) is 13.8 Å². The highest BCUT2D eigenvalue weighted by Gasteiger charge is 2.33. The van der Waals surface area contributed by atoms with Gasteiger partial charge >= 0.3 is 5.97 Å². The number of carboxylic acid groups (broad SMARTS) is 1. The summed E-state index contributed by atoms with van der Waals surface area (Å²) < 4.78 is 0. The van der Waals surface area contributed by atoms with Gasteiger partial charge in [-0.05, 0) is 56.4 Å². The number of fused-ring (bicyclic) bond motifs is 1. The molecular formula is C21H24N2O3S2. The minimum atomic E-state index is -0.981. The highest BCUT2D eigenvalue weighted by molar-refractivity contribution is 7.18. The molecule has 0 bridgehead atoms. The van der Waals surface area contributed by atoms with E-state index in [0.717, 1.165) is 46.9 Å². The van der Waals surface area contributed by atoms with E-state index in [4.69, 9.17) is 0 Å². The molecule has 2 aliphatic rings. The molecule has 7 heteroatoms. The molecule has 1 amide bonds. The standard InChI is InChI=1S/C21H24N2O3S2/c1-11-10-27-18(22-11)16-14-9-21(2,3)8-7-15(14)28-19(16)23-17(24)12-5-4-6-13(12)20(25)26/h10H,4-9H2,1-3H3,(H,23,24)(H,25,26). The fraction of sp³-hybridized carbons (Fsp3) is 0.476. The van der Waals surface area contributed by atoms with Crippen LogP contribution in [0.5, 0.6) is 0 Å². The van der Waals surface area contributed by atoms with E-state index >= 15 is 0 Å². The number of anilines is 1. The number of carbonyl (C=O) groups excluding carboxylic acids is 1. The molecule has 2 aromatic heterocycles. The van der Waals surface area contributed by atoms with Crippen molar-refractivity contribution >= 4 is 39.6 Å². The van der Waals surface area contributed by atoms with Gasteiger partial charge in [0.25, 0.3) is 5.91 Å². The quantitative estimate of drug-likeness (QED) is 0.718. The number of nitrogens with zero attached hydrogens (tertiary/aromatic N) is 1. The van der Waals surface area contributed by atoms with Gasteiger partial charge in [-0.2, -0.15) is 0 Å². The molecule has 0 saturated heterocycles. The molecule has 0 atom stereocenters. The maximum atomic E-state index is 12.9. The number of thiazole rings is 1. The highest BCUT2D eigenvalue weighted by atomic mass is 32.1. The number of hydrogen-bond donors (Lipinski definition) is 2. The lowest BCUT2D eigenvalue weighted by Gasteiger charge is -2.29. The van der Waals surface area contributed by atoms with Crippen LogP contribution in [-0.2, 0) is 22.4 Å². The van der Waals surface area contributed by atoms with Crippen LogP contribution in [-0.4, -0.2) is 22.0 Å². The second-order valence-electron chi connectivity index (χ2n) is 8.41. The van der Waals surface area contributed by atoms with Crippen LogP contribution in [0.1, 0.15) is 55.7 Å². The van der Waals surface area contributed by atoms with E-state index in [1.165, 1.54) is 10.4 Å². The molecule has 148 valence electrons. The highest BCUT2D eigenvalue weighted by Crippen LogP contribution is 2.49. The van der Waals surface area contributed by atoms with Crippen molar-refractivity contribution in [2.24, 2.45) is 5.41 Å². The van der Waals surface area contributed by atoms with Crippen molar-refractivity contribution in [1.82, 2.24) is 4.98 Å². The summed E-state index contributed by atoms with van der Waals surface area (Å²) in [6, 6.07) is 0. The minimum Gasteiger partial charge on any atom is -0.478 e. The number of aromatic nitrogens is 1. The maximum absolute atomic E-state index is 12.9. The van der Waals surface area contributed by atoms with Gasteiger partial charge in [0, 0.05) is 32.7 Å². The molecule has 2 aromatic rings. The zero-order valence-electron chi connectivity index (χ0n) is 16.3. The van der Waals surface area contributed by atoms with Gasteiger partial charge in [0.15, 0.2) is 0 Å². The Morgan fingerprint density at radius 2 is 1.96 bits per heavy atom. The Labute approximate surface area is 172 Å². The SMILES string of the molecule is Cc1csc(-c2c(NC(=O)C3=C(C(=O)O)CCC3)sc3c2CC(C)(C)CC3)n1. The summed E-state index contributed by atoms with van der Waals surface area (Å²) in [7, 11) is 0. The zero-order chi connectivity index (χ0) is 20.1. The monoisotopic (exact) mass is 416 g/mol. The van der Waals surface area contributed by atoms with E-state index in [-0.39, 0.29) is 16.9 Å². The largest absolute Gasteiger partial charge is 0.478 e. The topological polar surface area (TPSA) is 79.3 Å². The molecule has 0 aromatic carbocycles. The first-order chi connectivity index (χ1) is 13.2. The van der Waals surface area contributed by atoms with E-state index in [2.05, 4.69) is 24.1 Å². The molecule has 0 aliphatic heterocycles. The Morgan fingerprint density at radius 3 is 2.64 bits per heavy atom. The Balaban J connectivity index is 1.75. The average Bonchev–Trinajstić information content (AvgIpc) is 3.31. The predicted molar refractivity (Wildman–Crippen MR) is 113 cm³/mol. The van der Waals surface area contributed by atoms with Crippen molar-refractivity contribution in [2.45, 2.75) is 59.3 Å². The molecule has 5 nitrogen and oxygen atoms in total. The first kappa shape index (κ1) is 19.3. The van der Waals surface area contributed by atoms with E-state index in [1.807, 2.05) is 12.3 Å². The van der Waals surface area contributed by atoms with Crippen LogP contribution in [0.3, 0.4) is 0 Å². The molecule has 0 fully saturated rings. The molecule has 0 radical (unpaired) electrons. The van der Waals surface area contributed by atoms with Gasteiger partial charge in [-0.3, -0.25) is 4.79 Å². The van der Waals surface area contributed by atoms with Crippen molar-refractivity contribution in [3.63, 3.8) is 0 Å². The second-order valence-corrected chi connectivity index (χ2v) is 10.4. The third kappa shape index (κ3) is 3.53. The van der Waals surface area contributed by atoms with Gasteiger partial charge in [-0.15, -0.1) is 22.7 Å². The normalized spacial score (nSPS) is 18.2. The minimum absolute atomic E-state index is 0.223. The first-order valence-corrected chi connectivity index (χ1v) is 11.3. The van der Waals surface area contributed by atoms with Crippen molar-refractivity contribution in [3.05, 3.63) is 32.7 Å². The van der Waals surface area contributed by atoms with Crippen LogP contribution in [0.4, 0.5) is 5.00 Å². The molecule has 2 N–H and O–H groups in total. The zero-order valence-corrected chi connectivity index (χ0v) is 18.0. The molecule has 4 rings (SSSR count). The van der Waals surface area contributed by atoms with E-state index in [1.54, 1.807) is 22.7 Å². The average molecular weight is 417 g/mol. The number of carboxylic acids is 1. The number of hydrogen-bond acceptors (Lipinski definition) is 5. The summed E-state index contributed by atoms with van der Waals surface area (Å²) in [5.74, 6) is -1.26. The van der Waals surface area contributed by atoms with Crippen LogP contribution < -0.4 is 5.32 Å². The smallest absolute Gasteiger partial charge is 0.332 e. The third-order valence-electron chi connectivity index (χ3n) is 5.58. The number of thiophene rings is 1. The van der Waals surface area contributed by atoms with Gasteiger partial charge in [0.05, 0.1) is 0 Å². The molecule has 2 heterocycles. The van der Waals surface area contributed by atoms with Crippen LogP contribution >= 0.6 is 22.7 Å². The van der Waals surface area contributed by atoms with Gasteiger partial charge in [0.1, 0.15) is 10.0 Å². The van der Waals surface area contributed by atoms with Crippen LogP contribution in [0, 0.1) is 12.3 Å². The summed E-state index contributed by atoms with van der Waals surface area (Å²) in [4.78, 5) is 30.4. The summed E-state index contributed by atoms with van der Waals surface area (Å²) >= 11 is 3.23. The van der Waals surface area contributed by atoms with E-state index in [9.17, 15) is 14.7 Å². The van der Waals surface area contributed by atoms with Gasteiger partial charge < -0.3 is 10.4 Å². The predicted octanol–water partition coefficient (Wildman–Crippen LogP) is 5.20. The Hall–Kier alpha value is -1.99. The molecule has 0 spiro atoms. The third-order valence-corrected chi connectivity index (χ3v) is 7.77. The van der Waals surface area contributed by atoms with Crippen molar-refractivity contribution in [3.8, 4) is 10.6 Å². The molecule has 28 heavy (non-hydrogen) atoms. The number of nitrogens with one attached hydrogen (secondary N) is 1. The van der Waals surface area contributed by atoms with E-state index in [0.29, 0.717) is 18.4 Å². The van der Waals surface area contributed by atoms with Crippen LogP contribution in [0.25, 0.3) is 10.6 Å². The van der Waals surface area contributed by atoms with Crippen LogP contribution in [0.2, 0.25) is 0 Å². The van der Waals surface area contributed by atoms with Crippen molar-refractivity contribution in [2.75, 3.05) is 5.32 Å². The summed E-state index contributed by atoms with van der Waals surface area (Å²) in [5, 5.41) is 16.2. The van der Waals surface area contributed by atoms with Crippen molar-refractivity contribution < 1.29 is 14.7 Å². The Morgan fingerprint density at radius 1 is 1.21 bits per heavy atom. The molecular weight excluding hydrogens is 392 g/mol. The summed E-state index contributed by atoms with van der Waals surface area (Å²) in [5.41, 5.74) is 4.20. The molecule has 2 aliphatic carbocycles. The lowest BCUT2D eigenvalue weighted by atomic mass is 9.76. The lowest BCUT2D eigenvalue weighted by Crippen LogP contribution is -2.21. The maximum Gasteiger partial charge on any atom is 0.332 e. The fourth-order valence-corrected chi connectivity index (χ4v) is 6.26. The Bertz CT molecular complexity index is 997. The van der Waals surface area contributed by atoms with Gasteiger partial charge in [-0.25, -0.2) is 9.78 Å². The lowest BCUT2D eigenvalue weighted by molar-refractivity contribution is -0.133. The first-order valence-electron chi connectivity index (χ1n) is 9.59. The van der Waals surface area contributed by atoms with Crippen LogP contribution in [0.15, 0.2) is 16.5 Å². The second kappa shape index (κ2) is 7.12. The number of carbonyl (C=O) groups is 2. The Kier molecular flexibility index (Phi) is 4.91. The number of aliphatic carboxylic acids is 1. The number of aryl methyl sites for hydroxylation is 2.